The molecule has 0 aromatic heterocycles. The van der Waals surface area contributed by atoms with Crippen molar-refractivity contribution in [2.45, 2.75) is 193 Å². The molecule has 10 heteroatoms. The van der Waals surface area contributed by atoms with Crippen LogP contribution in [-0.2, 0) is 20.9 Å². The first kappa shape index (κ1) is 60.5. The molecule has 6 saturated carbocycles. The number of alkyl halides is 1. The Balaban J connectivity index is 0.000000218. The Morgan fingerprint density at radius 3 is 1.49 bits per heavy atom. The Kier molecular flexibility index (Phi) is 21.4. The number of halogens is 1. The van der Waals surface area contributed by atoms with E-state index in [4.69, 9.17) is 0 Å². The molecule has 8 aliphatic carbocycles. The minimum absolute atomic E-state index is 0. The van der Waals surface area contributed by atoms with Gasteiger partial charge in [0.1, 0.15) is 0 Å². The maximum absolute atomic E-state index is 13.1. The molecule has 0 spiro atoms. The smallest absolute Gasteiger partial charge is 0.768 e. The van der Waals surface area contributed by atoms with Gasteiger partial charge in [-0.25, -0.2) is 8.42 Å². The summed E-state index contributed by atoms with van der Waals surface area (Å²) in [6.07, 6.45) is 26.4. The van der Waals surface area contributed by atoms with Crippen molar-refractivity contribution < 1.29 is 56.9 Å². The standard InChI is InChI=1S/C29H42O3S.C23H37IO.C6H6O2S.2CH4.Na/c1-4-29(30)17-15-23-21(18-29)10-11-25-24(23)14-16-28(3)26(12-13-27(25)28)20(2)19-33(31,32)22-8-6-5-7-9-22;1-4-23(25)12-10-17-16(13-23)5-6-19-18(17)9-11-22(3)20(15(2)14-24)7-8-21(19)22;7-9(8)6-4-2-1-3-5-6;;;/h5-10,20,23-27,30H,4,11-19H2,1-3H3;5,15,17-21,25H,4,6-14H2,1-3H3;1-5H,(H,7,8);2*1H4;/q;;;;;+1/p-1/t20-,23+,24-,25-,26-,27+,28-,29+;15-,17+,18-,19-,20-,21+,22-,23+;;;;/m11..../s1. The summed E-state index contributed by atoms with van der Waals surface area (Å²) in [6.45, 7) is 14.1. The fourth-order valence-corrected chi connectivity index (χ4v) is 19.8. The van der Waals surface area contributed by atoms with Gasteiger partial charge in [0, 0.05) is 9.32 Å². The van der Waals surface area contributed by atoms with E-state index in [-0.39, 0.29) is 61.5 Å². The Morgan fingerprint density at radius 2 is 1.09 bits per heavy atom. The van der Waals surface area contributed by atoms with Gasteiger partial charge < -0.3 is 14.8 Å². The van der Waals surface area contributed by atoms with E-state index in [1.807, 2.05) is 18.2 Å². The number of hydrogen-bond acceptors (Lipinski definition) is 6. The summed E-state index contributed by atoms with van der Waals surface area (Å²) in [5.41, 5.74) is 3.18. The van der Waals surface area contributed by atoms with Crippen LogP contribution in [0.15, 0.2) is 93.8 Å². The van der Waals surface area contributed by atoms with Crippen molar-refractivity contribution in [2.75, 3.05) is 10.2 Å². The van der Waals surface area contributed by atoms with Crippen LogP contribution in [0.4, 0.5) is 0 Å². The van der Waals surface area contributed by atoms with Gasteiger partial charge in [0.2, 0.25) is 0 Å². The summed E-state index contributed by atoms with van der Waals surface area (Å²) in [6, 6.07) is 17.2. The number of rotatable bonds is 9. The Labute approximate surface area is 465 Å². The second-order valence-electron chi connectivity index (χ2n) is 23.9. The van der Waals surface area contributed by atoms with E-state index in [9.17, 15) is 27.4 Å². The molecule has 0 radical (unpaired) electrons. The predicted octanol–water partition coefficient (Wildman–Crippen LogP) is 12.0. The normalized spacial score (nSPS) is 39.2. The summed E-state index contributed by atoms with van der Waals surface area (Å²) in [4.78, 5) is 0.798. The predicted molar refractivity (Wildman–Crippen MR) is 294 cm³/mol. The van der Waals surface area contributed by atoms with Gasteiger partial charge in [-0.3, -0.25) is 4.21 Å². The van der Waals surface area contributed by atoms with Crippen LogP contribution in [0.2, 0.25) is 0 Å². The van der Waals surface area contributed by atoms with Gasteiger partial charge in [-0.05, 0) is 233 Å². The molecule has 17 atom stereocenters. The Hall–Kier alpha value is -0.370. The summed E-state index contributed by atoms with van der Waals surface area (Å²) in [5, 5.41) is 21.7. The molecule has 2 N–H and O–H groups in total. The van der Waals surface area contributed by atoms with E-state index in [2.05, 4.69) is 76.3 Å². The van der Waals surface area contributed by atoms with E-state index < -0.39 is 32.1 Å². The van der Waals surface area contributed by atoms with Gasteiger partial charge in [-0.15, -0.1) is 0 Å². The number of aliphatic hydroxyl groups is 2. The number of allylic oxidation sites excluding steroid dienone is 2. The molecule has 70 heavy (non-hydrogen) atoms. The van der Waals surface area contributed by atoms with Crippen LogP contribution in [0.3, 0.4) is 0 Å². The minimum Gasteiger partial charge on any atom is -0.768 e. The zero-order chi connectivity index (χ0) is 47.9. The number of sulfone groups is 1. The zero-order valence-corrected chi connectivity index (χ0v) is 48.5. The van der Waals surface area contributed by atoms with E-state index >= 15 is 0 Å². The van der Waals surface area contributed by atoms with Crippen LogP contribution >= 0.6 is 22.6 Å². The molecule has 0 aliphatic heterocycles. The average Bonchev–Trinajstić information content (AvgIpc) is 3.88. The van der Waals surface area contributed by atoms with Gasteiger partial charge in [-0.1, -0.05) is 139 Å². The first-order chi connectivity index (χ1) is 31.9. The van der Waals surface area contributed by atoms with Crippen LogP contribution in [0.5, 0.6) is 0 Å². The molecule has 0 saturated heterocycles. The minimum atomic E-state index is -3.25. The monoisotopic (exact) mass is 1120 g/mol. The second kappa shape index (κ2) is 24.7. The third-order valence-corrected chi connectivity index (χ3v) is 24.8. The van der Waals surface area contributed by atoms with Crippen LogP contribution in [0, 0.1) is 81.8 Å². The molecule has 2 aromatic rings. The molecule has 388 valence electrons. The van der Waals surface area contributed by atoms with Crippen molar-refractivity contribution in [1.82, 2.24) is 0 Å². The van der Waals surface area contributed by atoms with Crippen LogP contribution in [-0.4, -0.2) is 48.8 Å². The van der Waals surface area contributed by atoms with Crippen molar-refractivity contribution >= 4 is 43.5 Å². The Morgan fingerprint density at radius 1 is 0.657 bits per heavy atom. The van der Waals surface area contributed by atoms with Gasteiger partial charge in [0.05, 0.1) is 21.9 Å². The summed E-state index contributed by atoms with van der Waals surface area (Å²) in [7, 11) is -3.25. The van der Waals surface area contributed by atoms with Crippen molar-refractivity contribution in [3.05, 3.63) is 84.0 Å². The molecule has 0 amide bonds. The molecule has 0 bridgehead atoms. The molecule has 8 aliphatic rings. The van der Waals surface area contributed by atoms with Gasteiger partial charge in [-0.2, -0.15) is 0 Å². The number of benzene rings is 2. The number of hydrogen-bond donors (Lipinski definition) is 2. The fourth-order valence-electron chi connectivity index (χ4n) is 17.1. The average molecular weight is 1120 g/mol. The molecular weight excluding hydrogens is 1030 g/mol. The second-order valence-corrected chi connectivity index (χ2v) is 27.8. The van der Waals surface area contributed by atoms with Gasteiger partial charge in [0.25, 0.3) is 0 Å². The van der Waals surface area contributed by atoms with Crippen molar-refractivity contribution in [1.29, 1.82) is 0 Å². The molecule has 10 rings (SSSR count). The zero-order valence-electron chi connectivity index (χ0n) is 42.7. The van der Waals surface area contributed by atoms with E-state index in [0.717, 1.165) is 92.3 Å². The first-order valence-electron chi connectivity index (χ1n) is 26.7. The first-order valence-corrected chi connectivity index (χ1v) is 30.9. The molecular formula is C60H92INaO6S2. The summed E-state index contributed by atoms with van der Waals surface area (Å²) in [5.74, 6) is 9.31. The van der Waals surface area contributed by atoms with E-state index in [1.165, 1.54) is 75.1 Å². The van der Waals surface area contributed by atoms with E-state index in [0.29, 0.717) is 33.0 Å². The summed E-state index contributed by atoms with van der Waals surface area (Å²) >= 11 is 0.530. The van der Waals surface area contributed by atoms with Crippen LogP contribution in [0.1, 0.15) is 172 Å². The quantitative estimate of drug-likeness (QED) is 0.0850. The van der Waals surface area contributed by atoms with Gasteiger partial charge in [0.15, 0.2) is 9.84 Å². The Bertz CT molecular complexity index is 2200. The molecule has 6 nitrogen and oxygen atoms in total. The largest absolute Gasteiger partial charge is 1.00 e. The summed E-state index contributed by atoms with van der Waals surface area (Å²) < 4.78 is 47.9. The number of fused-ring (bicyclic) bond motifs is 10. The van der Waals surface area contributed by atoms with Crippen LogP contribution < -0.4 is 29.6 Å². The molecule has 1 unspecified atom stereocenters. The maximum atomic E-state index is 13.1. The van der Waals surface area contributed by atoms with Crippen molar-refractivity contribution in [2.24, 2.45) is 81.8 Å². The maximum Gasteiger partial charge on any atom is 1.00 e. The molecule has 0 heterocycles. The fraction of sp³-hybridized carbons (Fsp3) is 0.733. The molecule has 2 aromatic carbocycles. The van der Waals surface area contributed by atoms with E-state index in [1.54, 1.807) is 53.6 Å². The topological polar surface area (TPSA) is 115 Å². The van der Waals surface area contributed by atoms with Crippen molar-refractivity contribution in [3.63, 3.8) is 0 Å². The third kappa shape index (κ3) is 12.2. The van der Waals surface area contributed by atoms with Crippen molar-refractivity contribution in [3.8, 4) is 0 Å². The van der Waals surface area contributed by atoms with Gasteiger partial charge >= 0.3 is 29.6 Å². The SMILES string of the molecule is C.C.CC[C@]1(O)CC[C@H]2C(=CC[C@@H]3[C@@H]2CC[C@]2(C)[C@@H]([C@H](C)CI)CC[C@@H]32)C1.CC[C@]1(O)CC[C@H]2C(=CC[C@@H]3[C@@H]2CC[C@]2(C)[C@@H]([C@H](C)CS(=O)(=O)c4ccccc4)CC[C@@H]32)C1.O=S([O-])c1ccccc1.[Na+]. The molecule has 6 fully saturated rings. The third-order valence-electron chi connectivity index (χ3n) is 20.8. The van der Waals surface area contributed by atoms with Crippen LogP contribution in [0.25, 0.3) is 0 Å².